The number of aromatic hydroxyl groups is 1. The van der Waals surface area contributed by atoms with Crippen molar-refractivity contribution >= 4 is 46.2 Å². The van der Waals surface area contributed by atoms with Crippen molar-refractivity contribution in [1.29, 1.82) is 0 Å². The minimum absolute atomic E-state index is 0.0320. The lowest BCUT2D eigenvalue weighted by atomic mass is 10.1. The van der Waals surface area contributed by atoms with Gasteiger partial charge in [-0.05, 0) is 36.4 Å². The van der Waals surface area contributed by atoms with Crippen LogP contribution in [0.5, 0.6) is 17.2 Å². The number of hydrogen-bond donors (Lipinski definition) is 2. The Morgan fingerprint density at radius 2 is 1.79 bits per heavy atom. The summed E-state index contributed by atoms with van der Waals surface area (Å²) in [4.78, 5) is 31.7. The number of halogens is 3. The van der Waals surface area contributed by atoms with E-state index in [2.05, 4.69) is 15.0 Å². The zero-order valence-electron chi connectivity index (χ0n) is 19.7. The monoisotopic (exact) mass is 543 g/mol. The summed E-state index contributed by atoms with van der Waals surface area (Å²) in [6.07, 6.45) is -3.47. The van der Waals surface area contributed by atoms with Crippen molar-refractivity contribution in [2.75, 3.05) is 23.1 Å². The van der Waals surface area contributed by atoms with Gasteiger partial charge >= 0.3 is 6.36 Å². The van der Waals surface area contributed by atoms with E-state index in [0.717, 1.165) is 17.8 Å². The topological polar surface area (TPSA) is 100 Å². The van der Waals surface area contributed by atoms with E-state index in [0.29, 0.717) is 11.3 Å². The second-order valence-corrected chi connectivity index (χ2v) is 8.62. The molecule has 0 bridgehead atoms. The van der Waals surface area contributed by atoms with Crippen molar-refractivity contribution in [2.24, 2.45) is 4.99 Å². The maximum Gasteiger partial charge on any atom is 0.573 e. The maximum atomic E-state index is 13.3. The molecule has 4 rings (SSSR count). The van der Waals surface area contributed by atoms with Crippen molar-refractivity contribution in [3.63, 3.8) is 0 Å². The normalized spacial score (nSPS) is 14.4. The maximum absolute atomic E-state index is 13.3. The third-order valence-electron chi connectivity index (χ3n) is 5.08. The van der Waals surface area contributed by atoms with Crippen LogP contribution in [0.1, 0.15) is 5.56 Å². The molecular weight excluding hydrogens is 523 g/mol. The van der Waals surface area contributed by atoms with E-state index in [-0.39, 0.29) is 33.8 Å². The molecule has 0 saturated heterocycles. The van der Waals surface area contributed by atoms with Crippen molar-refractivity contribution in [2.45, 2.75) is 6.36 Å². The summed E-state index contributed by atoms with van der Waals surface area (Å²) >= 11 is 0.923. The molecule has 2 amide bonds. The van der Waals surface area contributed by atoms with E-state index in [1.54, 1.807) is 42.5 Å². The summed E-state index contributed by atoms with van der Waals surface area (Å²) in [6.45, 7) is 0. The molecule has 1 heterocycles. The zero-order valence-corrected chi connectivity index (χ0v) is 20.5. The molecule has 196 valence electrons. The Morgan fingerprint density at radius 1 is 1.08 bits per heavy atom. The Balaban J connectivity index is 1.58. The highest BCUT2D eigenvalue weighted by atomic mass is 32.2. The molecule has 1 aliphatic heterocycles. The van der Waals surface area contributed by atoms with Gasteiger partial charge in [-0.15, -0.1) is 13.2 Å². The summed E-state index contributed by atoms with van der Waals surface area (Å²) in [6, 6.07) is 18.4. The van der Waals surface area contributed by atoms with Gasteiger partial charge in [0, 0.05) is 5.56 Å². The smallest absolute Gasteiger partial charge is 0.504 e. The summed E-state index contributed by atoms with van der Waals surface area (Å²) in [5.41, 5.74) is 0.790. The summed E-state index contributed by atoms with van der Waals surface area (Å²) in [5.74, 6) is -1.88. The van der Waals surface area contributed by atoms with Crippen LogP contribution in [0.4, 0.5) is 24.5 Å². The number of ether oxygens (including phenoxy) is 2. The second-order valence-electron chi connectivity index (χ2n) is 7.68. The van der Waals surface area contributed by atoms with Crippen LogP contribution < -0.4 is 19.7 Å². The van der Waals surface area contributed by atoms with Gasteiger partial charge in [0.15, 0.2) is 22.4 Å². The van der Waals surface area contributed by atoms with Crippen LogP contribution in [0.2, 0.25) is 0 Å². The number of thioether (sulfide) groups is 1. The lowest BCUT2D eigenvalue weighted by Crippen LogP contribution is -2.31. The van der Waals surface area contributed by atoms with Crippen molar-refractivity contribution in [1.82, 2.24) is 0 Å². The van der Waals surface area contributed by atoms with E-state index in [4.69, 9.17) is 4.74 Å². The Bertz CT molecular complexity index is 1410. The number of anilines is 2. The number of nitrogens with one attached hydrogen (secondary N) is 1. The molecule has 12 heteroatoms. The first kappa shape index (κ1) is 26.6. The van der Waals surface area contributed by atoms with Crippen LogP contribution in [-0.2, 0) is 9.59 Å². The predicted molar refractivity (Wildman–Crippen MR) is 138 cm³/mol. The second kappa shape index (κ2) is 11.3. The highest BCUT2D eigenvalue weighted by molar-refractivity contribution is 8.14. The quantitative estimate of drug-likeness (QED) is 0.387. The number of aliphatic imine (C=N–C) groups is 1. The number of para-hydroxylation sites is 4. The van der Waals surface area contributed by atoms with Crippen molar-refractivity contribution < 1.29 is 37.3 Å². The number of methoxy groups -OCH3 is 1. The van der Waals surface area contributed by atoms with E-state index in [1.807, 2.05) is 0 Å². The van der Waals surface area contributed by atoms with Gasteiger partial charge in [0.2, 0.25) is 5.91 Å². The molecule has 0 saturated carbocycles. The summed E-state index contributed by atoms with van der Waals surface area (Å²) in [7, 11) is 1.38. The molecule has 0 aromatic heterocycles. The van der Waals surface area contributed by atoms with Crippen LogP contribution in [0.15, 0.2) is 83.5 Å². The van der Waals surface area contributed by atoms with Gasteiger partial charge < -0.3 is 19.9 Å². The van der Waals surface area contributed by atoms with Gasteiger partial charge in [-0.1, -0.05) is 54.2 Å². The fourth-order valence-corrected chi connectivity index (χ4v) is 4.34. The number of amidine groups is 1. The van der Waals surface area contributed by atoms with E-state index in [9.17, 15) is 27.9 Å². The molecule has 3 aromatic rings. The van der Waals surface area contributed by atoms with Gasteiger partial charge in [0.05, 0.1) is 24.2 Å². The Labute approximate surface area is 219 Å². The highest BCUT2D eigenvalue weighted by Crippen LogP contribution is 2.35. The summed E-state index contributed by atoms with van der Waals surface area (Å²) < 4.78 is 47.3. The number of carbonyl (C=O) groups excluding carboxylic acids is 2. The van der Waals surface area contributed by atoms with Crippen LogP contribution in [0.3, 0.4) is 0 Å². The van der Waals surface area contributed by atoms with Gasteiger partial charge in [-0.2, -0.15) is 0 Å². The van der Waals surface area contributed by atoms with Crippen molar-refractivity contribution in [3.8, 4) is 17.2 Å². The number of phenolic OH excluding ortho intramolecular Hbond substituents is 1. The standard InChI is InChI=1S/C26H20F3N3O5S/c1-36-23-16(8-7-12-20(23)33)14-19-24(35)32(17-9-3-2-4-10-17)25(31-19)38-15-22(34)30-18-11-5-6-13-21(18)37-26(27,28)29/h2-14,33H,15H2,1H3,(H,30,34)/b19-14+. The van der Waals surface area contributed by atoms with E-state index >= 15 is 0 Å². The molecule has 0 aliphatic carbocycles. The molecule has 0 spiro atoms. The van der Waals surface area contributed by atoms with Crippen LogP contribution >= 0.6 is 11.8 Å². The molecule has 2 N–H and O–H groups in total. The molecular formula is C26H20F3N3O5S. The Morgan fingerprint density at radius 3 is 2.50 bits per heavy atom. The first-order chi connectivity index (χ1) is 18.2. The molecule has 0 atom stereocenters. The van der Waals surface area contributed by atoms with E-state index < -0.39 is 23.9 Å². The number of carbonyl (C=O) groups is 2. The summed E-state index contributed by atoms with van der Waals surface area (Å²) in [5, 5.41) is 12.6. The number of hydrogen-bond acceptors (Lipinski definition) is 7. The number of phenols is 1. The van der Waals surface area contributed by atoms with Gasteiger partial charge in [-0.3, -0.25) is 14.5 Å². The molecule has 38 heavy (non-hydrogen) atoms. The molecule has 0 radical (unpaired) electrons. The fraction of sp³-hybridized carbons (Fsp3) is 0.115. The third kappa shape index (κ3) is 6.27. The SMILES string of the molecule is COc1c(O)cccc1/C=C1/N=C(SCC(=O)Nc2ccccc2OC(F)(F)F)N(c2ccccc2)C1=O. The molecule has 3 aromatic carbocycles. The lowest BCUT2D eigenvalue weighted by molar-refractivity contribution is -0.274. The molecule has 0 unspecified atom stereocenters. The van der Waals surface area contributed by atoms with Gasteiger partial charge in [0.25, 0.3) is 5.91 Å². The zero-order chi connectivity index (χ0) is 27.3. The molecule has 1 aliphatic rings. The third-order valence-corrected chi connectivity index (χ3v) is 6.02. The minimum Gasteiger partial charge on any atom is -0.504 e. The first-order valence-corrected chi connectivity index (χ1v) is 12.0. The largest absolute Gasteiger partial charge is 0.573 e. The molecule has 8 nitrogen and oxygen atoms in total. The average Bonchev–Trinajstić information content (AvgIpc) is 3.18. The number of rotatable bonds is 7. The van der Waals surface area contributed by atoms with Gasteiger partial charge in [0.1, 0.15) is 5.70 Å². The Hall–Kier alpha value is -4.45. The highest BCUT2D eigenvalue weighted by Gasteiger charge is 2.34. The average molecular weight is 544 g/mol. The fourth-order valence-electron chi connectivity index (χ4n) is 3.52. The number of benzene rings is 3. The first-order valence-electron chi connectivity index (χ1n) is 11.0. The Kier molecular flexibility index (Phi) is 7.91. The number of nitrogens with zero attached hydrogens (tertiary/aromatic N) is 2. The van der Waals surface area contributed by atoms with Crippen molar-refractivity contribution in [3.05, 3.63) is 84.1 Å². The number of amides is 2. The van der Waals surface area contributed by atoms with Gasteiger partial charge in [-0.25, -0.2) is 4.99 Å². The minimum atomic E-state index is -4.92. The molecule has 0 fully saturated rings. The van der Waals surface area contributed by atoms with Crippen LogP contribution in [0.25, 0.3) is 6.08 Å². The lowest BCUT2D eigenvalue weighted by Gasteiger charge is -2.18. The predicted octanol–water partition coefficient (Wildman–Crippen LogP) is 5.42. The van der Waals surface area contributed by atoms with Crippen LogP contribution in [-0.4, -0.2) is 41.3 Å². The van der Waals surface area contributed by atoms with E-state index in [1.165, 1.54) is 42.4 Å². The van der Waals surface area contributed by atoms with Crippen LogP contribution in [0, 0.1) is 0 Å². The number of alkyl halides is 3.